The number of terminal acetylenes is 1. The van der Waals surface area contributed by atoms with Gasteiger partial charge in [-0.2, -0.15) is 0 Å². The van der Waals surface area contributed by atoms with E-state index in [9.17, 15) is 9.90 Å². The number of ether oxygens (including phenoxy) is 1. The normalized spacial score (nSPS) is 12.1. The third-order valence-electron chi connectivity index (χ3n) is 2.30. The maximum absolute atomic E-state index is 10.9. The van der Waals surface area contributed by atoms with Crippen molar-refractivity contribution >= 4 is 5.97 Å². The number of aliphatic hydroxyl groups is 1. The van der Waals surface area contributed by atoms with Crippen molar-refractivity contribution in [1.82, 2.24) is 0 Å². The Labute approximate surface area is 101 Å². The van der Waals surface area contributed by atoms with E-state index >= 15 is 0 Å². The van der Waals surface area contributed by atoms with Gasteiger partial charge in [-0.1, -0.05) is 36.3 Å². The van der Waals surface area contributed by atoms with Crippen LogP contribution >= 0.6 is 0 Å². The number of hydrogen-bond donors (Lipinski definition) is 1. The number of hydrogen-bond acceptors (Lipinski definition) is 3. The number of aliphatic hydroxyl groups excluding tert-OH is 1. The molecule has 3 heteroatoms. The topological polar surface area (TPSA) is 46.5 Å². The van der Waals surface area contributed by atoms with Gasteiger partial charge in [0.15, 0.2) is 0 Å². The maximum Gasteiger partial charge on any atom is 0.330 e. The lowest BCUT2D eigenvalue weighted by Gasteiger charge is -2.09. The fraction of sp³-hybridized carbons (Fsp3) is 0.214. The lowest BCUT2D eigenvalue weighted by molar-refractivity contribution is -0.134. The van der Waals surface area contributed by atoms with Gasteiger partial charge < -0.3 is 9.84 Å². The molecule has 0 aromatic heterocycles. The molecule has 0 heterocycles. The van der Waals surface area contributed by atoms with Gasteiger partial charge in [0.25, 0.3) is 0 Å². The van der Waals surface area contributed by atoms with Crippen molar-refractivity contribution in [3.8, 4) is 12.3 Å². The number of carbonyl (C=O) groups is 1. The molecule has 0 spiro atoms. The number of allylic oxidation sites excluding steroid dienone is 1. The number of carbonyl (C=O) groups excluding carboxylic acids is 1. The van der Waals surface area contributed by atoms with Crippen LogP contribution in [0.15, 0.2) is 36.4 Å². The van der Waals surface area contributed by atoms with Crippen molar-refractivity contribution in [1.29, 1.82) is 0 Å². The van der Waals surface area contributed by atoms with E-state index < -0.39 is 12.1 Å². The fourth-order valence-electron chi connectivity index (χ4n) is 1.43. The minimum Gasteiger partial charge on any atom is -0.466 e. The van der Waals surface area contributed by atoms with Crippen LogP contribution < -0.4 is 0 Å². The smallest absolute Gasteiger partial charge is 0.330 e. The predicted molar refractivity (Wildman–Crippen MR) is 65.1 cm³/mol. The summed E-state index contributed by atoms with van der Waals surface area (Å²) in [4.78, 5) is 10.9. The van der Waals surface area contributed by atoms with E-state index in [0.717, 1.165) is 5.56 Å². The van der Waals surface area contributed by atoms with Crippen LogP contribution in [0.5, 0.6) is 0 Å². The molecule has 0 amide bonds. The highest BCUT2D eigenvalue weighted by molar-refractivity contribution is 5.81. The molecule has 17 heavy (non-hydrogen) atoms. The van der Waals surface area contributed by atoms with Gasteiger partial charge in [-0.15, -0.1) is 6.42 Å². The molecule has 1 aromatic rings. The highest BCUT2D eigenvalue weighted by Crippen LogP contribution is 2.18. The summed E-state index contributed by atoms with van der Waals surface area (Å²) in [7, 11) is 1.32. The summed E-state index contributed by atoms with van der Waals surface area (Å²) in [5.41, 5.74) is 1.57. The molecular weight excluding hydrogens is 216 g/mol. The summed E-state index contributed by atoms with van der Waals surface area (Å²) in [5.74, 6) is 1.87. The Morgan fingerprint density at radius 3 is 2.94 bits per heavy atom. The summed E-state index contributed by atoms with van der Waals surface area (Å²) in [6, 6.07) is 7.29. The molecule has 0 radical (unpaired) electrons. The van der Waals surface area contributed by atoms with Crippen molar-refractivity contribution in [3.05, 3.63) is 47.5 Å². The van der Waals surface area contributed by atoms with E-state index in [4.69, 9.17) is 6.42 Å². The lowest BCUT2D eigenvalue weighted by atomic mass is 10.00. The van der Waals surface area contributed by atoms with Gasteiger partial charge in [-0.05, 0) is 17.5 Å². The van der Waals surface area contributed by atoms with E-state index in [0.29, 0.717) is 12.0 Å². The SMILES string of the molecule is C#CC(O)c1ccccc1C/C=C/C(=O)OC. The molecule has 0 fully saturated rings. The molecule has 0 saturated carbocycles. The van der Waals surface area contributed by atoms with Gasteiger partial charge in [0.1, 0.15) is 6.10 Å². The Hall–Kier alpha value is -2.05. The number of rotatable bonds is 4. The molecule has 0 aliphatic carbocycles. The summed E-state index contributed by atoms with van der Waals surface area (Å²) in [6.45, 7) is 0. The number of esters is 1. The zero-order valence-corrected chi connectivity index (χ0v) is 9.59. The number of methoxy groups -OCH3 is 1. The Balaban J connectivity index is 2.81. The van der Waals surface area contributed by atoms with Crippen molar-refractivity contribution in [2.75, 3.05) is 7.11 Å². The van der Waals surface area contributed by atoms with Crippen LogP contribution in [0, 0.1) is 12.3 Å². The minimum absolute atomic E-state index is 0.403. The largest absolute Gasteiger partial charge is 0.466 e. The van der Waals surface area contributed by atoms with Crippen LogP contribution in [0.4, 0.5) is 0 Å². The molecule has 1 rings (SSSR count). The zero-order valence-electron chi connectivity index (χ0n) is 9.59. The molecule has 1 atom stereocenters. The average Bonchev–Trinajstić information content (AvgIpc) is 2.38. The molecule has 1 aromatic carbocycles. The highest BCUT2D eigenvalue weighted by Gasteiger charge is 2.07. The molecule has 88 valence electrons. The zero-order chi connectivity index (χ0) is 12.7. The molecule has 1 unspecified atom stereocenters. The van der Waals surface area contributed by atoms with Crippen LogP contribution in [0.25, 0.3) is 0 Å². The minimum atomic E-state index is -0.919. The van der Waals surface area contributed by atoms with Crippen molar-refractivity contribution in [2.24, 2.45) is 0 Å². The van der Waals surface area contributed by atoms with Gasteiger partial charge in [-0.25, -0.2) is 4.79 Å². The first kappa shape index (κ1) is 13.0. The molecule has 0 saturated heterocycles. The van der Waals surface area contributed by atoms with Crippen LogP contribution in [-0.4, -0.2) is 18.2 Å². The molecule has 3 nitrogen and oxygen atoms in total. The van der Waals surface area contributed by atoms with Gasteiger partial charge in [0.05, 0.1) is 7.11 Å². The molecule has 0 bridgehead atoms. The van der Waals surface area contributed by atoms with E-state index in [-0.39, 0.29) is 0 Å². The molecule has 0 aliphatic heterocycles. The maximum atomic E-state index is 10.9. The summed E-state index contributed by atoms with van der Waals surface area (Å²) >= 11 is 0. The predicted octanol–water partition coefficient (Wildman–Crippen LogP) is 1.62. The first-order valence-electron chi connectivity index (χ1n) is 5.15. The molecule has 0 aliphatic rings. The van der Waals surface area contributed by atoms with Crippen LogP contribution in [-0.2, 0) is 16.0 Å². The van der Waals surface area contributed by atoms with Gasteiger partial charge in [0.2, 0.25) is 0 Å². The first-order chi connectivity index (χ1) is 8.19. The van der Waals surface area contributed by atoms with Crippen molar-refractivity contribution in [2.45, 2.75) is 12.5 Å². The Bertz CT molecular complexity index is 455. The van der Waals surface area contributed by atoms with Gasteiger partial charge in [0, 0.05) is 6.08 Å². The van der Waals surface area contributed by atoms with Crippen LogP contribution in [0.2, 0.25) is 0 Å². The van der Waals surface area contributed by atoms with Crippen molar-refractivity contribution in [3.63, 3.8) is 0 Å². The second-order valence-electron chi connectivity index (χ2n) is 3.40. The second-order valence-corrected chi connectivity index (χ2v) is 3.40. The standard InChI is InChI=1S/C14H14O3/c1-3-13(15)12-9-5-4-7-11(12)8-6-10-14(16)17-2/h1,4-7,9-10,13,15H,8H2,2H3/b10-6+. The Morgan fingerprint density at radius 1 is 1.59 bits per heavy atom. The first-order valence-corrected chi connectivity index (χ1v) is 5.15. The van der Waals surface area contributed by atoms with E-state index in [1.54, 1.807) is 12.1 Å². The van der Waals surface area contributed by atoms with E-state index in [2.05, 4.69) is 10.7 Å². The average molecular weight is 230 g/mol. The monoisotopic (exact) mass is 230 g/mol. The van der Waals surface area contributed by atoms with Crippen LogP contribution in [0.3, 0.4) is 0 Å². The fourth-order valence-corrected chi connectivity index (χ4v) is 1.43. The Kier molecular flexibility index (Phi) is 4.99. The van der Waals surface area contributed by atoms with Crippen LogP contribution in [0.1, 0.15) is 17.2 Å². The quantitative estimate of drug-likeness (QED) is 0.486. The second kappa shape index (κ2) is 6.51. The summed E-state index contributed by atoms with van der Waals surface area (Å²) < 4.78 is 4.48. The third-order valence-corrected chi connectivity index (χ3v) is 2.30. The Morgan fingerprint density at radius 2 is 2.29 bits per heavy atom. The third kappa shape index (κ3) is 3.78. The highest BCUT2D eigenvalue weighted by atomic mass is 16.5. The number of benzene rings is 1. The van der Waals surface area contributed by atoms with Gasteiger partial charge in [-0.3, -0.25) is 0 Å². The van der Waals surface area contributed by atoms with E-state index in [1.165, 1.54) is 13.2 Å². The molecule has 1 N–H and O–H groups in total. The van der Waals surface area contributed by atoms with E-state index in [1.807, 2.05) is 18.2 Å². The van der Waals surface area contributed by atoms with Crippen molar-refractivity contribution < 1.29 is 14.6 Å². The summed E-state index contributed by atoms with van der Waals surface area (Å²) in [6.07, 6.45) is 7.80. The lowest BCUT2D eigenvalue weighted by Crippen LogP contribution is -1.99. The molecular formula is C14H14O3. The summed E-state index contributed by atoms with van der Waals surface area (Å²) in [5, 5.41) is 9.61. The van der Waals surface area contributed by atoms with Gasteiger partial charge >= 0.3 is 5.97 Å².